The van der Waals surface area contributed by atoms with E-state index in [0.29, 0.717) is 25.2 Å². The first-order valence-electron chi connectivity index (χ1n) is 9.48. The number of aromatic nitrogens is 1. The summed E-state index contributed by atoms with van der Waals surface area (Å²) in [5.41, 5.74) is 0.578. The Bertz CT molecular complexity index is 952. The van der Waals surface area contributed by atoms with Crippen LogP contribution in [0.2, 0.25) is 0 Å². The van der Waals surface area contributed by atoms with Crippen molar-refractivity contribution in [1.29, 1.82) is 5.26 Å². The van der Waals surface area contributed by atoms with Crippen molar-refractivity contribution in [2.75, 3.05) is 31.1 Å². The third-order valence-corrected chi connectivity index (χ3v) is 5.59. The second kappa shape index (κ2) is 7.52. The maximum absolute atomic E-state index is 13.2. The molecule has 152 valence electrons. The summed E-state index contributed by atoms with van der Waals surface area (Å²) in [5.74, 6) is 0. The van der Waals surface area contributed by atoms with Gasteiger partial charge in [-0.2, -0.15) is 18.4 Å². The van der Waals surface area contributed by atoms with E-state index in [0.717, 1.165) is 10.8 Å². The Morgan fingerprint density at radius 2 is 2.00 bits per heavy atom. The molecule has 2 aromatic rings. The van der Waals surface area contributed by atoms with E-state index in [9.17, 15) is 23.2 Å². The Hall–Kier alpha value is -2.86. The number of alkyl halides is 3. The number of urea groups is 1. The normalized spacial score (nSPS) is 23.2. The lowest BCUT2D eigenvalue weighted by molar-refractivity contribution is -0.137. The van der Waals surface area contributed by atoms with Gasteiger partial charge in [-0.05, 0) is 6.42 Å². The van der Waals surface area contributed by atoms with Crippen LogP contribution in [0.25, 0.3) is 10.8 Å². The molecule has 2 saturated heterocycles. The lowest BCUT2D eigenvalue weighted by Crippen LogP contribution is -2.41. The van der Waals surface area contributed by atoms with Gasteiger partial charge in [-0.15, -0.1) is 0 Å². The van der Waals surface area contributed by atoms with Gasteiger partial charge in [0.1, 0.15) is 6.04 Å². The van der Waals surface area contributed by atoms with E-state index in [1.807, 2.05) is 24.3 Å². The monoisotopic (exact) mass is 403 g/mol. The van der Waals surface area contributed by atoms with Crippen LogP contribution in [0.4, 0.5) is 23.7 Å². The fourth-order valence-corrected chi connectivity index (χ4v) is 4.14. The second-order valence-corrected chi connectivity index (χ2v) is 7.44. The molecule has 1 aromatic heterocycles. The van der Waals surface area contributed by atoms with E-state index in [1.165, 1.54) is 4.90 Å². The zero-order valence-electron chi connectivity index (χ0n) is 15.6. The van der Waals surface area contributed by atoms with Gasteiger partial charge in [0.05, 0.1) is 30.9 Å². The molecule has 9 heteroatoms. The van der Waals surface area contributed by atoms with Crippen molar-refractivity contribution >= 4 is 22.5 Å². The molecule has 0 saturated carbocycles. The van der Waals surface area contributed by atoms with Crippen molar-refractivity contribution < 1.29 is 18.0 Å². The van der Waals surface area contributed by atoms with Crippen LogP contribution in [-0.2, 0) is 0 Å². The Balaban J connectivity index is 1.54. The van der Waals surface area contributed by atoms with Crippen molar-refractivity contribution in [1.82, 2.24) is 14.8 Å². The number of halogens is 3. The van der Waals surface area contributed by atoms with Crippen molar-refractivity contribution in [3.05, 3.63) is 36.7 Å². The molecule has 1 aromatic carbocycles. The summed E-state index contributed by atoms with van der Waals surface area (Å²) in [6.07, 6.45) is -1.16. The van der Waals surface area contributed by atoms with Gasteiger partial charge in [0.25, 0.3) is 0 Å². The number of likely N-dealkylation sites (tertiary alicyclic amines) is 1. The SMILES string of the molecule is N#C[C@H]1CN([C@@H]2CCN(CCC(F)(F)F)C2)C(=O)N1c1cncc2ccccc12. The highest BCUT2D eigenvalue weighted by Crippen LogP contribution is 2.33. The van der Waals surface area contributed by atoms with Crippen LogP contribution in [0, 0.1) is 11.3 Å². The third-order valence-electron chi connectivity index (χ3n) is 5.59. The summed E-state index contributed by atoms with van der Waals surface area (Å²) in [5, 5.41) is 11.3. The summed E-state index contributed by atoms with van der Waals surface area (Å²) in [6.45, 7) is 1.07. The van der Waals surface area contributed by atoms with Gasteiger partial charge in [0.15, 0.2) is 0 Å². The van der Waals surface area contributed by atoms with E-state index in [4.69, 9.17) is 0 Å². The summed E-state index contributed by atoms with van der Waals surface area (Å²) >= 11 is 0. The molecule has 4 rings (SSSR count). The molecule has 0 spiro atoms. The number of amides is 2. The molecule has 6 nitrogen and oxygen atoms in total. The quantitative estimate of drug-likeness (QED) is 0.785. The van der Waals surface area contributed by atoms with Crippen LogP contribution < -0.4 is 4.90 Å². The lowest BCUT2D eigenvalue weighted by atomic mass is 10.1. The van der Waals surface area contributed by atoms with Crippen molar-refractivity contribution in [3.63, 3.8) is 0 Å². The topological polar surface area (TPSA) is 63.5 Å². The number of anilines is 1. The molecule has 29 heavy (non-hydrogen) atoms. The van der Waals surface area contributed by atoms with Gasteiger partial charge in [0.2, 0.25) is 0 Å². The second-order valence-electron chi connectivity index (χ2n) is 7.44. The fourth-order valence-electron chi connectivity index (χ4n) is 4.14. The standard InChI is InChI=1S/C20H20F3N5O/c21-20(22,23)6-8-26-7-5-15(12-26)27-13-16(9-24)28(19(27)29)18-11-25-10-14-3-1-2-4-17(14)18/h1-4,10-11,15-16H,5-8,12-13H2/t15-,16+/m1/s1. The number of carbonyl (C=O) groups is 1. The van der Waals surface area contributed by atoms with Crippen LogP contribution >= 0.6 is 0 Å². The maximum Gasteiger partial charge on any atom is 0.390 e. The van der Waals surface area contributed by atoms with Gasteiger partial charge in [0, 0.05) is 42.6 Å². The zero-order chi connectivity index (χ0) is 20.6. The minimum absolute atomic E-state index is 0.0688. The average molecular weight is 403 g/mol. The molecule has 2 fully saturated rings. The molecule has 2 atom stereocenters. The summed E-state index contributed by atoms with van der Waals surface area (Å²) in [6, 6.07) is 8.54. The van der Waals surface area contributed by atoms with Gasteiger partial charge in [-0.3, -0.25) is 9.88 Å². The van der Waals surface area contributed by atoms with Crippen LogP contribution in [0.15, 0.2) is 36.7 Å². The van der Waals surface area contributed by atoms with Gasteiger partial charge in [-0.1, -0.05) is 24.3 Å². The van der Waals surface area contributed by atoms with Crippen LogP contribution in [0.5, 0.6) is 0 Å². The lowest BCUT2D eigenvalue weighted by Gasteiger charge is -2.25. The van der Waals surface area contributed by atoms with Crippen LogP contribution in [0.3, 0.4) is 0 Å². The molecule has 0 aliphatic carbocycles. The highest BCUT2D eigenvalue weighted by Gasteiger charge is 2.44. The number of nitrogens with zero attached hydrogens (tertiary/aromatic N) is 5. The molecule has 0 bridgehead atoms. The molecule has 0 unspecified atom stereocenters. The number of pyridine rings is 1. The first-order chi connectivity index (χ1) is 13.9. The molecule has 0 radical (unpaired) electrons. The largest absolute Gasteiger partial charge is 0.390 e. The molecule has 2 aliphatic rings. The number of fused-ring (bicyclic) bond motifs is 1. The molecular formula is C20H20F3N5O. The van der Waals surface area contributed by atoms with Crippen molar-refractivity contribution in [3.8, 4) is 6.07 Å². The first-order valence-corrected chi connectivity index (χ1v) is 9.48. The maximum atomic E-state index is 13.2. The zero-order valence-corrected chi connectivity index (χ0v) is 15.6. The summed E-state index contributed by atoms with van der Waals surface area (Å²) in [4.78, 5) is 22.2. The predicted octanol–water partition coefficient (Wildman–Crippen LogP) is 3.40. The van der Waals surface area contributed by atoms with Crippen LogP contribution in [0.1, 0.15) is 12.8 Å². The Kier molecular flexibility index (Phi) is 5.04. The van der Waals surface area contributed by atoms with E-state index in [1.54, 1.807) is 22.2 Å². The van der Waals surface area contributed by atoms with Gasteiger partial charge >= 0.3 is 12.2 Å². The Labute approximate surface area is 166 Å². The van der Waals surface area contributed by atoms with Gasteiger partial charge in [-0.25, -0.2) is 4.79 Å². The average Bonchev–Trinajstić information content (AvgIpc) is 3.29. The number of hydrogen-bond donors (Lipinski definition) is 0. The highest BCUT2D eigenvalue weighted by atomic mass is 19.4. The number of benzene rings is 1. The van der Waals surface area contributed by atoms with Crippen LogP contribution in [-0.4, -0.2) is 65.3 Å². The molecule has 0 N–H and O–H groups in total. The van der Waals surface area contributed by atoms with Crippen molar-refractivity contribution in [2.24, 2.45) is 0 Å². The summed E-state index contributed by atoms with van der Waals surface area (Å²) in [7, 11) is 0. The number of nitriles is 1. The fraction of sp³-hybridized carbons (Fsp3) is 0.450. The molecular weight excluding hydrogens is 383 g/mol. The van der Waals surface area contributed by atoms with Crippen molar-refractivity contribution in [2.45, 2.75) is 31.1 Å². The third kappa shape index (κ3) is 3.85. The first kappa shape index (κ1) is 19.5. The number of hydrogen-bond acceptors (Lipinski definition) is 4. The Morgan fingerprint density at radius 3 is 2.76 bits per heavy atom. The number of carbonyl (C=O) groups excluding carboxylic acids is 1. The molecule has 2 aliphatic heterocycles. The summed E-state index contributed by atoms with van der Waals surface area (Å²) < 4.78 is 37.5. The minimum atomic E-state index is -4.19. The van der Waals surface area contributed by atoms with Gasteiger partial charge < -0.3 is 9.80 Å². The Morgan fingerprint density at radius 1 is 1.21 bits per heavy atom. The number of rotatable bonds is 4. The highest BCUT2D eigenvalue weighted by molar-refractivity contribution is 6.04. The van der Waals surface area contributed by atoms with E-state index < -0.39 is 18.6 Å². The predicted molar refractivity (Wildman–Crippen MR) is 101 cm³/mol. The molecule has 2 amide bonds. The minimum Gasteiger partial charge on any atom is -0.317 e. The van der Waals surface area contributed by atoms with E-state index >= 15 is 0 Å². The smallest absolute Gasteiger partial charge is 0.317 e. The van der Waals surface area contributed by atoms with E-state index in [-0.39, 0.29) is 25.2 Å². The molecule has 3 heterocycles. The van der Waals surface area contributed by atoms with E-state index in [2.05, 4.69) is 11.1 Å².